The second-order valence-corrected chi connectivity index (χ2v) is 6.91. The van der Waals surface area contributed by atoms with Gasteiger partial charge in [-0.05, 0) is 51.3 Å². The first-order valence-corrected chi connectivity index (χ1v) is 7.82. The van der Waals surface area contributed by atoms with Crippen molar-refractivity contribution in [1.82, 2.24) is 15.6 Å². The molecule has 0 saturated carbocycles. The van der Waals surface area contributed by atoms with E-state index in [1.165, 1.54) is 5.56 Å². The maximum atomic E-state index is 11.9. The zero-order valence-corrected chi connectivity index (χ0v) is 14.5. The Bertz CT molecular complexity index is 455. The highest BCUT2D eigenvalue weighted by molar-refractivity contribution is 5.68. The van der Waals surface area contributed by atoms with E-state index in [1.807, 2.05) is 32.9 Å². The topological polar surface area (TPSA) is 63.2 Å². The molecule has 0 aliphatic heterocycles. The second-order valence-electron chi connectivity index (χ2n) is 6.91. The minimum atomic E-state index is -0.483. The maximum absolute atomic E-state index is 11.9. The summed E-state index contributed by atoms with van der Waals surface area (Å²) in [5.74, 6) is 0.310. The molecule has 22 heavy (non-hydrogen) atoms. The van der Waals surface area contributed by atoms with E-state index in [0.29, 0.717) is 12.5 Å². The van der Waals surface area contributed by atoms with E-state index in [-0.39, 0.29) is 18.2 Å². The molecule has 5 heteroatoms. The summed E-state index contributed by atoms with van der Waals surface area (Å²) < 4.78 is 5.32. The van der Waals surface area contributed by atoms with E-state index in [0.717, 1.165) is 0 Å². The number of carbonyl (C=O) groups excluding carboxylic acids is 1. The van der Waals surface area contributed by atoms with Crippen molar-refractivity contribution in [3.63, 3.8) is 0 Å². The third-order valence-electron chi connectivity index (χ3n) is 3.36. The fourth-order valence-electron chi connectivity index (χ4n) is 1.99. The molecule has 0 spiro atoms. The maximum Gasteiger partial charge on any atom is 0.407 e. The Morgan fingerprint density at radius 3 is 2.32 bits per heavy atom. The fraction of sp³-hybridized carbons (Fsp3) is 0.647. The Kier molecular flexibility index (Phi) is 6.81. The Morgan fingerprint density at radius 2 is 1.82 bits per heavy atom. The average molecular weight is 307 g/mol. The van der Waals surface area contributed by atoms with Crippen LogP contribution in [0.4, 0.5) is 4.79 Å². The number of nitrogens with zero attached hydrogens (tertiary/aromatic N) is 1. The number of alkyl carbamates (subject to hydrolysis) is 1. The molecule has 0 aromatic carbocycles. The van der Waals surface area contributed by atoms with Gasteiger partial charge in [-0.15, -0.1) is 0 Å². The molecular weight excluding hydrogens is 278 g/mol. The van der Waals surface area contributed by atoms with E-state index in [9.17, 15) is 4.79 Å². The lowest BCUT2D eigenvalue weighted by molar-refractivity contribution is 0.0489. The van der Waals surface area contributed by atoms with Gasteiger partial charge in [-0.25, -0.2) is 4.79 Å². The predicted molar refractivity (Wildman–Crippen MR) is 88.7 cm³/mol. The third kappa shape index (κ3) is 6.89. The molecule has 1 rings (SSSR count). The number of pyridine rings is 1. The van der Waals surface area contributed by atoms with Crippen molar-refractivity contribution in [2.24, 2.45) is 5.92 Å². The average Bonchev–Trinajstić information content (AvgIpc) is 2.41. The van der Waals surface area contributed by atoms with Crippen LogP contribution in [-0.4, -0.2) is 29.3 Å². The van der Waals surface area contributed by atoms with Gasteiger partial charge >= 0.3 is 6.09 Å². The molecule has 1 aromatic heterocycles. The summed E-state index contributed by atoms with van der Waals surface area (Å²) in [5, 5.41) is 6.39. The van der Waals surface area contributed by atoms with Crippen LogP contribution in [0.5, 0.6) is 0 Å². The molecule has 0 bridgehead atoms. The van der Waals surface area contributed by atoms with Crippen LogP contribution >= 0.6 is 0 Å². The Labute approximate surface area is 133 Å². The number of aromatic nitrogens is 1. The van der Waals surface area contributed by atoms with Crippen LogP contribution in [0.25, 0.3) is 0 Å². The van der Waals surface area contributed by atoms with Gasteiger partial charge in [0.05, 0.1) is 0 Å². The lowest BCUT2D eigenvalue weighted by atomic mass is 10.0. The number of ether oxygens (including phenoxy) is 1. The summed E-state index contributed by atoms with van der Waals surface area (Å²) in [6.45, 7) is 12.5. The van der Waals surface area contributed by atoms with E-state index < -0.39 is 5.60 Å². The smallest absolute Gasteiger partial charge is 0.407 e. The molecule has 1 aromatic rings. The summed E-state index contributed by atoms with van der Waals surface area (Å²) in [6, 6.07) is 4.19. The van der Waals surface area contributed by atoms with Crippen LogP contribution in [0.1, 0.15) is 53.1 Å². The van der Waals surface area contributed by atoms with Crippen molar-refractivity contribution in [3.8, 4) is 0 Å². The number of hydrogen-bond acceptors (Lipinski definition) is 4. The van der Waals surface area contributed by atoms with Crippen LogP contribution < -0.4 is 10.6 Å². The fourth-order valence-corrected chi connectivity index (χ4v) is 1.99. The zero-order valence-electron chi connectivity index (χ0n) is 14.5. The van der Waals surface area contributed by atoms with Gasteiger partial charge in [0, 0.05) is 31.0 Å². The van der Waals surface area contributed by atoms with Crippen LogP contribution in [0.2, 0.25) is 0 Å². The lowest BCUT2D eigenvalue weighted by Crippen LogP contribution is -2.47. The molecule has 0 radical (unpaired) electrons. The zero-order chi connectivity index (χ0) is 16.8. The van der Waals surface area contributed by atoms with Crippen molar-refractivity contribution >= 4 is 6.09 Å². The van der Waals surface area contributed by atoms with Gasteiger partial charge in [-0.3, -0.25) is 4.98 Å². The van der Waals surface area contributed by atoms with Crippen molar-refractivity contribution in [1.29, 1.82) is 0 Å². The molecule has 1 amide bonds. The summed E-state index contributed by atoms with van der Waals surface area (Å²) in [7, 11) is 0. The normalized spacial score (nSPS) is 14.5. The highest BCUT2D eigenvalue weighted by atomic mass is 16.6. The van der Waals surface area contributed by atoms with E-state index >= 15 is 0 Å². The molecule has 5 nitrogen and oxygen atoms in total. The van der Waals surface area contributed by atoms with Crippen molar-refractivity contribution in [3.05, 3.63) is 30.1 Å². The van der Waals surface area contributed by atoms with Crippen LogP contribution in [-0.2, 0) is 4.74 Å². The summed E-state index contributed by atoms with van der Waals surface area (Å²) in [4.78, 5) is 15.9. The largest absolute Gasteiger partial charge is 0.444 e. The number of rotatable bonds is 6. The van der Waals surface area contributed by atoms with Gasteiger partial charge in [0.15, 0.2) is 0 Å². The summed E-state index contributed by atoms with van der Waals surface area (Å²) in [6.07, 6.45) is 3.20. The van der Waals surface area contributed by atoms with E-state index in [2.05, 4.69) is 36.4 Å². The quantitative estimate of drug-likeness (QED) is 0.846. The number of hydrogen-bond donors (Lipinski definition) is 2. The minimum Gasteiger partial charge on any atom is -0.444 e. The molecule has 2 atom stereocenters. The molecule has 0 fully saturated rings. The van der Waals surface area contributed by atoms with Crippen LogP contribution in [0.15, 0.2) is 24.5 Å². The van der Waals surface area contributed by atoms with Gasteiger partial charge < -0.3 is 15.4 Å². The lowest BCUT2D eigenvalue weighted by Gasteiger charge is -2.27. The van der Waals surface area contributed by atoms with Gasteiger partial charge in [0.25, 0.3) is 0 Å². The van der Waals surface area contributed by atoms with Gasteiger partial charge in [-0.2, -0.15) is 0 Å². The highest BCUT2D eigenvalue weighted by Crippen LogP contribution is 2.12. The third-order valence-corrected chi connectivity index (χ3v) is 3.36. The molecule has 0 aliphatic rings. The number of carbonyl (C=O) groups is 1. The Hall–Kier alpha value is -1.62. The van der Waals surface area contributed by atoms with E-state index in [1.54, 1.807) is 12.4 Å². The Balaban J connectivity index is 2.53. The molecule has 124 valence electrons. The van der Waals surface area contributed by atoms with Gasteiger partial charge in [-0.1, -0.05) is 13.8 Å². The first kappa shape index (κ1) is 18.4. The number of nitrogens with one attached hydrogen (secondary N) is 2. The molecule has 1 heterocycles. The molecule has 0 aliphatic carbocycles. The first-order valence-electron chi connectivity index (χ1n) is 7.82. The summed E-state index contributed by atoms with van der Waals surface area (Å²) in [5.41, 5.74) is 0.693. The molecule has 2 N–H and O–H groups in total. The van der Waals surface area contributed by atoms with Crippen LogP contribution in [0.3, 0.4) is 0 Å². The van der Waals surface area contributed by atoms with Crippen LogP contribution in [0, 0.1) is 5.92 Å². The van der Waals surface area contributed by atoms with Gasteiger partial charge in [0.2, 0.25) is 0 Å². The molecule has 0 saturated heterocycles. The Morgan fingerprint density at radius 1 is 1.23 bits per heavy atom. The standard InChI is InChI=1S/C17H29N3O2/c1-12(2)15(20-16(21)22-17(4,5)6)11-19-13(3)14-7-9-18-10-8-14/h7-10,12-13,15,19H,11H2,1-6H3,(H,20,21). The monoisotopic (exact) mass is 307 g/mol. The second kappa shape index (κ2) is 8.13. The SMILES string of the molecule is CC(NCC(NC(=O)OC(C)(C)C)C(C)C)c1ccncc1. The van der Waals surface area contributed by atoms with E-state index in [4.69, 9.17) is 4.74 Å². The van der Waals surface area contributed by atoms with Crippen molar-refractivity contribution < 1.29 is 9.53 Å². The first-order chi connectivity index (χ1) is 10.2. The molecule has 2 unspecified atom stereocenters. The van der Waals surface area contributed by atoms with Crippen molar-refractivity contribution in [2.45, 2.75) is 59.2 Å². The number of amides is 1. The highest BCUT2D eigenvalue weighted by Gasteiger charge is 2.21. The molecular formula is C17H29N3O2. The van der Waals surface area contributed by atoms with Crippen molar-refractivity contribution in [2.75, 3.05) is 6.54 Å². The minimum absolute atomic E-state index is 0.0131. The summed E-state index contributed by atoms with van der Waals surface area (Å²) >= 11 is 0. The predicted octanol–water partition coefficient (Wildman–Crippen LogP) is 3.28. The van der Waals surface area contributed by atoms with Gasteiger partial charge in [0.1, 0.15) is 5.60 Å².